The second-order valence-electron chi connectivity index (χ2n) is 6.36. The number of aliphatic hydroxyl groups is 1. The van der Waals surface area contributed by atoms with Gasteiger partial charge in [-0.25, -0.2) is 0 Å². The van der Waals surface area contributed by atoms with Crippen LogP contribution in [0.2, 0.25) is 0 Å². The molecule has 0 aromatic rings. The molecule has 19 heavy (non-hydrogen) atoms. The highest BCUT2D eigenvalue weighted by atomic mass is 16.6. The largest absolute Gasteiger partial charge is 0.463 e. The highest BCUT2D eigenvalue weighted by Crippen LogP contribution is 2.47. The normalized spacial score (nSPS) is 32.9. The molecule has 0 bridgehead atoms. The Hall–Kier alpha value is -0.650. The third kappa shape index (κ3) is 3.09. The first-order chi connectivity index (χ1) is 8.67. The van der Waals surface area contributed by atoms with E-state index in [1.807, 2.05) is 27.7 Å². The molecule has 0 amide bonds. The van der Waals surface area contributed by atoms with E-state index in [0.29, 0.717) is 0 Å². The maximum absolute atomic E-state index is 11.0. The second kappa shape index (κ2) is 5.77. The van der Waals surface area contributed by atoms with Crippen LogP contribution in [0.4, 0.5) is 0 Å². The van der Waals surface area contributed by atoms with Gasteiger partial charge in [0.1, 0.15) is 6.61 Å². The zero-order chi connectivity index (χ0) is 14.8. The van der Waals surface area contributed by atoms with E-state index in [2.05, 4.69) is 0 Å². The van der Waals surface area contributed by atoms with Gasteiger partial charge in [-0.2, -0.15) is 0 Å². The summed E-state index contributed by atoms with van der Waals surface area (Å²) in [6, 6.07) is 0. The smallest absolute Gasteiger partial charge is 0.302 e. The van der Waals surface area contributed by atoms with E-state index in [4.69, 9.17) is 14.2 Å². The molecule has 0 unspecified atom stereocenters. The van der Waals surface area contributed by atoms with E-state index >= 15 is 0 Å². The Morgan fingerprint density at radius 3 is 2.16 bits per heavy atom. The third-order valence-corrected chi connectivity index (χ3v) is 4.18. The molecule has 1 rings (SSSR count). The van der Waals surface area contributed by atoms with Gasteiger partial charge in [0.2, 0.25) is 0 Å². The minimum absolute atomic E-state index is 0.0838. The van der Waals surface area contributed by atoms with Crippen LogP contribution in [0.1, 0.15) is 34.6 Å². The van der Waals surface area contributed by atoms with Crippen LogP contribution in [-0.2, 0) is 19.0 Å². The molecule has 5 nitrogen and oxygen atoms in total. The van der Waals surface area contributed by atoms with E-state index in [0.717, 1.165) is 0 Å². The molecule has 1 fully saturated rings. The summed E-state index contributed by atoms with van der Waals surface area (Å²) in [4.78, 5) is 11.0. The molecule has 1 aliphatic heterocycles. The molecule has 0 spiro atoms. The summed E-state index contributed by atoms with van der Waals surface area (Å²) in [5, 5.41) is 9.52. The summed E-state index contributed by atoms with van der Waals surface area (Å²) in [6.45, 7) is 9.57. The molecular formula is C14H26O5. The Morgan fingerprint density at radius 1 is 1.21 bits per heavy atom. The quantitative estimate of drug-likeness (QED) is 0.785. The minimum Gasteiger partial charge on any atom is -0.463 e. The number of carbonyl (C=O) groups excluding carboxylic acids is 1. The summed E-state index contributed by atoms with van der Waals surface area (Å²) >= 11 is 0. The standard InChI is InChI=1S/C14H26O5/c1-9(16)18-8-11-14(4,5)12(17-6)13(2,3)10(7-15)19-11/h10-12,15H,7-8H2,1-6H3/t10-,11+,12-/m0/s1. The highest BCUT2D eigenvalue weighted by Gasteiger charge is 2.55. The number of hydrogen-bond acceptors (Lipinski definition) is 5. The van der Waals surface area contributed by atoms with Crippen molar-refractivity contribution in [2.45, 2.75) is 52.9 Å². The monoisotopic (exact) mass is 274 g/mol. The summed E-state index contributed by atoms with van der Waals surface area (Å²) in [5.74, 6) is -0.334. The number of rotatable bonds is 4. The lowest BCUT2D eigenvalue weighted by Crippen LogP contribution is -2.63. The van der Waals surface area contributed by atoms with Gasteiger partial charge in [-0.3, -0.25) is 4.79 Å². The van der Waals surface area contributed by atoms with Crippen LogP contribution >= 0.6 is 0 Å². The van der Waals surface area contributed by atoms with E-state index in [1.165, 1.54) is 6.92 Å². The molecule has 0 saturated carbocycles. The van der Waals surface area contributed by atoms with E-state index < -0.39 is 0 Å². The van der Waals surface area contributed by atoms with Gasteiger partial charge in [-0.05, 0) is 0 Å². The van der Waals surface area contributed by atoms with Crippen molar-refractivity contribution in [1.82, 2.24) is 0 Å². The lowest BCUT2D eigenvalue weighted by molar-refractivity contribution is -0.261. The van der Waals surface area contributed by atoms with Gasteiger partial charge < -0.3 is 19.3 Å². The first-order valence-corrected chi connectivity index (χ1v) is 6.60. The van der Waals surface area contributed by atoms with Gasteiger partial charge in [0.05, 0.1) is 24.9 Å². The van der Waals surface area contributed by atoms with Crippen LogP contribution in [0, 0.1) is 10.8 Å². The summed E-state index contributed by atoms with van der Waals surface area (Å²) in [6.07, 6.45) is -0.746. The fraction of sp³-hybridized carbons (Fsp3) is 0.929. The number of hydrogen-bond donors (Lipinski definition) is 1. The van der Waals surface area contributed by atoms with Gasteiger partial charge in [0.25, 0.3) is 0 Å². The van der Waals surface area contributed by atoms with Crippen molar-refractivity contribution in [2.75, 3.05) is 20.3 Å². The highest BCUT2D eigenvalue weighted by molar-refractivity contribution is 5.65. The molecule has 1 saturated heterocycles. The molecule has 0 aliphatic carbocycles. The Labute approximate surface area is 115 Å². The number of aliphatic hydroxyl groups excluding tert-OH is 1. The minimum atomic E-state index is -0.342. The van der Waals surface area contributed by atoms with Crippen LogP contribution in [-0.4, -0.2) is 49.7 Å². The molecule has 1 heterocycles. The van der Waals surface area contributed by atoms with E-state index in [-0.39, 0.29) is 48.3 Å². The summed E-state index contributed by atoms with van der Waals surface area (Å²) in [5.41, 5.74) is -0.640. The van der Waals surface area contributed by atoms with Crippen LogP contribution in [0.25, 0.3) is 0 Å². The number of carbonyl (C=O) groups is 1. The fourth-order valence-corrected chi connectivity index (χ4v) is 3.18. The van der Waals surface area contributed by atoms with Gasteiger partial charge in [0.15, 0.2) is 0 Å². The molecule has 0 radical (unpaired) electrons. The van der Waals surface area contributed by atoms with E-state index in [1.54, 1.807) is 7.11 Å². The molecule has 0 aromatic heterocycles. The van der Waals surface area contributed by atoms with Crippen molar-refractivity contribution in [3.8, 4) is 0 Å². The summed E-state index contributed by atoms with van der Waals surface area (Å²) in [7, 11) is 1.66. The fourth-order valence-electron chi connectivity index (χ4n) is 3.18. The molecule has 3 atom stereocenters. The Balaban J connectivity index is 2.98. The van der Waals surface area contributed by atoms with Crippen LogP contribution in [0.5, 0.6) is 0 Å². The maximum Gasteiger partial charge on any atom is 0.302 e. The molecular weight excluding hydrogens is 248 g/mol. The SMILES string of the molecule is CO[C@H]1C(C)(C)[C@H](CO)O[C@H](COC(C)=O)C1(C)C. The van der Waals surface area contributed by atoms with E-state index in [9.17, 15) is 9.90 Å². The Bertz CT molecular complexity index is 324. The van der Waals surface area contributed by atoms with Crippen molar-refractivity contribution in [3.05, 3.63) is 0 Å². The summed E-state index contributed by atoms with van der Waals surface area (Å²) < 4.78 is 16.7. The van der Waals surface area contributed by atoms with Gasteiger partial charge >= 0.3 is 5.97 Å². The van der Waals surface area contributed by atoms with Crippen LogP contribution in [0.15, 0.2) is 0 Å². The van der Waals surface area contributed by atoms with Gasteiger partial charge in [-0.15, -0.1) is 0 Å². The number of methoxy groups -OCH3 is 1. The first kappa shape index (κ1) is 16.4. The van der Waals surface area contributed by atoms with Crippen molar-refractivity contribution < 1.29 is 24.1 Å². The van der Waals surface area contributed by atoms with Gasteiger partial charge in [-0.1, -0.05) is 27.7 Å². The number of ether oxygens (including phenoxy) is 3. The molecule has 112 valence electrons. The zero-order valence-corrected chi connectivity index (χ0v) is 12.7. The van der Waals surface area contributed by atoms with Crippen molar-refractivity contribution >= 4 is 5.97 Å². The molecule has 1 N–H and O–H groups in total. The van der Waals surface area contributed by atoms with Crippen LogP contribution < -0.4 is 0 Å². The Morgan fingerprint density at radius 2 is 1.74 bits per heavy atom. The lowest BCUT2D eigenvalue weighted by atomic mass is 9.64. The van der Waals surface area contributed by atoms with Crippen LogP contribution in [0.3, 0.4) is 0 Å². The second-order valence-corrected chi connectivity index (χ2v) is 6.36. The average molecular weight is 274 g/mol. The number of esters is 1. The topological polar surface area (TPSA) is 65.0 Å². The molecule has 0 aromatic carbocycles. The average Bonchev–Trinajstić information content (AvgIpc) is 2.26. The van der Waals surface area contributed by atoms with Crippen molar-refractivity contribution in [2.24, 2.45) is 10.8 Å². The predicted octanol–water partition coefficient (Wildman–Crippen LogP) is 1.38. The third-order valence-electron chi connectivity index (χ3n) is 4.18. The van der Waals surface area contributed by atoms with Gasteiger partial charge in [0, 0.05) is 24.9 Å². The Kier molecular flexibility index (Phi) is 4.98. The van der Waals surface area contributed by atoms with Crippen molar-refractivity contribution in [1.29, 1.82) is 0 Å². The lowest BCUT2D eigenvalue weighted by Gasteiger charge is -2.55. The predicted molar refractivity (Wildman–Crippen MR) is 70.7 cm³/mol. The maximum atomic E-state index is 11.0. The molecule has 5 heteroatoms. The van der Waals surface area contributed by atoms with Crippen molar-refractivity contribution in [3.63, 3.8) is 0 Å². The molecule has 1 aliphatic rings. The zero-order valence-electron chi connectivity index (χ0n) is 12.7. The first-order valence-electron chi connectivity index (χ1n) is 6.60.